The van der Waals surface area contributed by atoms with Crippen LogP contribution >= 0.6 is 0 Å². The van der Waals surface area contributed by atoms with Crippen molar-refractivity contribution in [1.29, 1.82) is 5.41 Å². The van der Waals surface area contributed by atoms with Gasteiger partial charge in [0.15, 0.2) is 5.96 Å². The summed E-state index contributed by atoms with van der Waals surface area (Å²) < 4.78 is 9.89. The van der Waals surface area contributed by atoms with E-state index in [-0.39, 0.29) is 5.96 Å². The molecule has 5 nitrogen and oxygen atoms in total. The Labute approximate surface area is 59.8 Å². The van der Waals surface area contributed by atoms with Crippen molar-refractivity contribution in [2.24, 2.45) is 11.5 Å². The fourth-order valence-corrected chi connectivity index (χ4v) is 0.440. The lowest BCUT2D eigenvalue weighted by Gasteiger charge is -2.09. The van der Waals surface area contributed by atoms with Gasteiger partial charge in [-0.15, -0.1) is 0 Å². The Morgan fingerprint density at radius 1 is 1.00 bits per heavy atom. The van der Waals surface area contributed by atoms with Gasteiger partial charge < -0.3 is 20.9 Å². The van der Waals surface area contributed by atoms with E-state index >= 15 is 0 Å². The zero-order valence-electron chi connectivity index (χ0n) is 5.80. The number of ether oxygens (including phenoxy) is 2. The van der Waals surface area contributed by atoms with Crippen LogP contribution in [-0.2, 0) is 9.47 Å². The minimum absolute atomic E-state index is 0.333. The Morgan fingerprint density at radius 2 is 1.20 bits per heavy atom. The lowest BCUT2D eigenvalue weighted by atomic mass is 10.6. The zero-order chi connectivity index (χ0) is 7.82. The molecular formula is C5H13N3O2. The minimum Gasteiger partial charge on any atom is -0.377 e. The number of hydrogen-bond donors (Lipinski definition) is 3. The molecule has 5 heteroatoms. The van der Waals surface area contributed by atoms with Gasteiger partial charge in [-0.3, -0.25) is 5.41 Å². The van der Waals surface area contributed by atoms with Crippen molar-refractivity contribution in [2.45, 2.75) is 0 Å². The monoisotopic (exact) mass is 147 g/mol. The summed E-state index contributed by atoms with van der Waals surface area (Å²) in [6, 6.07) is 0. The van der Waals surface area contributed by atoms with E-state index in [9.17, 15) is 0 Å². The first-order valence-corrected chi connectivity index (χ1v) is 2.98. The molecule has 0 aromatic carbocycles. The highest BCUT2D eigenvalue weighted by Gasteiger charge is 1.94. The quantitative estimate of drug-likeness (QED) is 0.298. The predicted octanol–water partition coefficient (Wildman–Crippen LogP) is -1.13. The Balaban J connectivity index is 0.000000180. The van der Waals surface area contributed by atoms with Gasteiger partial charge in [0.2, 0.25) is 0 Å². The van der Waals surface area contributed by atoms with Crippen LogP contribution in [0.1, 0.15) is 0 Å². The number of guanidine groups is 1. The highest BCUT2D eigenvalue weighted by Crippen LogP contribution is 1.85. The summed E-state index contributed by atoms with van der Waals surface area (Å²) >= 11 is 0. The Morgan fingerprint density at radius 3 is 1.30 bits per heavy atom. The average Bonchev–Trinajstić information content (AvgIpc) is 1.90. The molecule has 1 heterocycles. The number of hydrogen-bond acceptors (Lipinski definition) is 3. The van der Waals surface area contributed by atoms with Crippen LogP contribution in [0, 0.1) is 5.41 Å². The van der Waals surface area contributed by atoms with Crippen molar-refractivity contribution in [3.63, 3.8) is 0 Å². The maximum atomic E-state index is 6.06. The molecule has 1 aliphatic heterocycles. The predicted molar refractivity (Wildman–Crippen MR) is 37.7 cm³/mol. The summed E-state index contributed by atoms with van der Waals surface area (Å²) in [5, 5.41) is 6.06. The van der Waals surface area contributed by atoms with Crippen LogP contribution in [0.5, 0.6) is 0 Å². The van der Waals surface area contributed by atoms with Gasteiger partial charge in [0.25, 0.3) is 0 Å². The third kappa shape index (κ3) is 10.2. The molecule has 0 atom stereocenters. The van der Waals surface area contributed by atoms with E-state index in [4.69, 9.17) is 14.9 Å². The molecule has 1 rings (SSSR count). The molecule has 1 fully saturated rings. The molecule has 0 unspecified atom stereocenters. The molecule has 0 spiro atoms. The molecule has 5 N–H and O–H groups in total. The molecule has 1 saturated heterocycles. The first-order chi connectivity index (χ1) is 4.73. The average molecular weight is 147 g/mol. The fourth-order valence-electron chi connectivity index (χ4n) is 0.440. The highest BCUT2D eigenvalue weighted by molar-refractivity contribution is 5.71. The van der Waals surface area contributed by atoms with Crippen molar-refractivity contribution in [3.8, 4) is 0 Å². The lowest BCUT2D eigenvalue weighted by molar-refractivity contribution is -0.0334. The van der Waals surface area contributed by atoms with Crippen LogP contribution in [0.4, 0.5) is 0 Å². The second-order valence-corrected chi connectivity index (χ2v) is 1.68. The van der Waals surface area contributed by atoms with Gasteiger partial charge >= 0.3 is 0 Å². The standard InChI is InChI=1S/C4H8O2.CH5N3/c1-2-6-4-3-5-1;2-1(3)4/h1-4H2;(H5,2,3,4). The number of nitrogens with one attached hydrogen (secondary N) is 1. The SMILES string of the molecule is C1COCCO1.N=C(N)N. The minimum atomic E-state index is -0.333. The smallest absolute Gasteiger partial charge is 0.183 e. The summed E-state index contributed by atoms with van der Waals surface area (Å²) in [4.78, 5) is 0. The lowest BCUT2D eigenvalue weighted by Crippen LogP contribution is -2.20. The van der Waals surface area contributed by atoms with Crippen LogP contribution in [0.25, 0.3) is 0 Å². The fraction of sp³-hybridized carbons (Fsp3) is 0.800. The second kappa shape index (κ2) is 6.31. The Kier molecular flexibility index (Phi) is 5.80. The number of rotatable bonds is 0. The van der Waals surface area contributed by atoms with Crippen LogP contribution in [-0.4, -0.2) is 32.4 Å². The maximum Gasteiger partial charge on any atom is 0.183 e. The van der Waals surface area contributed by atoms with E-state index in [0.29, 0.717) is 0 Å². The van der Waals surface area contributed by atoms with Crippen molar-refractivity contribution in [3.05, 3.63) is 0 Å². The first-order valence-electron chi connectivity index (χ1n) is 2.98. The van der Waals surface area contributed by atoms with Crippen LogP contribution < -0.4 is 11.5 Å². The van der Waals surface area contributed by atoms with E-state index in [2.05, 4.69) is 11.5 Å². The largest absolute Gasteiger partial charge is 0.377 e. The maximum absolute atomic E-state index is 6.06. The van der Waals surface area contributed by atoms with E-state index in [1.54, 1.807) is 0 Å². The molecule has 0 bridgehead atoms. The highest BCUT2D eigenvalue weighted by atomic mass is 16.6. The van der Waals surface area contributed by atoms with Crippen LogP contribution in [0.3, 0.4) is 0 Å². The summed E-state index contributed by atoms with van der Waals surface area (Å²) in [6.45, 7) is 3.11. The molecule has 10 heavy (non-hydrogen) atoms. The summed E-state index contributed by atoms with van der Waals surface area (Å²) in [7, 11) is 0. The molecule has 60 valence electrons. The van der Waals surface area contributed by atoms with Crippen molar-refractivity contribution in [2.75, 3.05) is 26.4 Å². The first kappa shape index (κ1) is 9.19. The van der Waals surface area contributed by atoms with Crippen LogP contribution in [0.15, 0.2) is 0 Å². The van der Waals surface area contributed by atoms with Gasteiger partial charge in [-0.2, -0.15) is 0 Å². The van der Waals surface area contributed by atoms with Gasteiger partial charge in [-0.1, -0.05) is 0 Å². The molecule has 0 aliphatic carbocycles. The third-order valence-corrected chi connectivity index (χ3v) is 0.744. The third-order valence-electron chi connectivity index (χ3n) is 0.744. The second-order valence-electron chi connectivity index (χ2n) is 1.68. The van der Waals surface area contributed by atoms with Gasteiger partial charge in [0.1, 0.15) is 0 Å². The molecule has 0 aromatic rings. The molecule has 0 saturated carbocycles. The van der Waals surface area contributed by atoms with Crippen molar-refractivity contribution < 1.29 is 9.47 Å². The van der Waals surface area contributed by atoms with Gasteiger partial charge in [0, 0.05) is 0 Å². The topological polar surface area (TPSA) is 94.3 Å². The van der Waals surface area contributed by atoms with E-state index in [1.807, 2.05) is 0 Å². The normalized spacial score (nSPS) is 16.8. The van der Waals surface area contributed by atoms with Gasteiger partial charge in [-0.05, 0) is 0 Å². The Hall–Kier alpha value is -0.810. The molecular weight excluding hydrogens is 134 g/mol. The zero-order valence-corrected chi connectivity index (χ0v) is 5.80. The van der Waals surface area contributed by atoms with Gasteiger partial charge in [-0.25, -0.2) is 0 Å². The van der Waals surface area contributed by atoms with Crippen molar-refractivity contribution in [1.82, 2.24) is 0 Å². The van der Waals surface area contributed by atoms with Crippen molar-refractivity contribution >= 4 is 5.96 Å². The van der Waals surface area contributed by atoms with E-state index < -0.39 is 0 Å². The molecule has 0 amide bonds. The Bertz CT molecular complexity index is 77.4. The molecule has 0 radical (unpaired) electrons. The summed E-state index contributed by atoms with van der Waals surface area (Å²) in [5.74, 6) is -0.333. The number of nitrogens with two attached hydrogens (primary N) is 2. The van der Waals surface area contributed by atoms with E-state index in [1.165, 1.54) is 0 Å². The van der Waals surface area contributed by atoms with Gasteiger partial charge in [0.05, 0.1) is 26.4 Å². The molecule has 0 aromatic heterocycles. The molecule has 1 aliphatic rings. The summed E-state index contributed by atoms with van der Waals surface area (Å²) in [6.07, 6.45) is 0. The van der Waals surface area contributed by atoms with E-state index in [0.717, 1.165) is 26.4 Å². The van der Waals surface area contributed by atoms with Crippen LogP contribution in [0.2, 0.25) is 0 Å². The summed E-state index contributed by atoms with van der Waals surface area (Å²) in [5.41, 5.74) is 8.94.